The molecule has 0 aliphatic carbocycles. The summed E-state index contributed by atoms with van der Waals surface area (Å²) in [7, 11) is -0.400. The summed E-state index contributed by atoms with van der Waals surface area (Å²) in [6, 6.07) is 5.39. The van der Waals surface area contributed by atoms with E-state index >= 15 is 0 Å². The minimum atomic E-state index is -1.64. The van der Waals surface area contributed by atoms with Crippen LogP contribution in [-0.2, 0) is 29.8 Å². The number of nitrogens with one attached hydrogen (secondary N) is 1. The van der Waals surface area contributed by atoms with E-state index in [-0.39, 0.29) is 17.3 Å². The van der Waals surface area contributed by atoms with Crippen LogP contribution < -0.4 is 5.32 Å². The van der Waals surface area contributed by atoms with Crippen molar-refractivity contribution in [3.63, 3.8) is 0 Å². The van der Waals surface area contributed by atoms with Crippen LogP contribution in [0.1, 0.15) is 38.3 Å². The van der Waals surface area contributed by atoms with E-state index in [1.807, 2.05) is 19.1 Å². The predicted octanol–water partition coefficient (Wildman–Crippen LogP) is 2.89. The average molecular weight is 395 g/mol. The van der Waals surface area contributed by atoms with E-state index in [0.29, 0.717) is 23.4 Å². The van der Waals surface area contributed by atoms with Gasteiger partial charge in [-0.1, -0.05) is 11.6 Å². The molecule has 0 saturated carbocycles. The van der Waals surface area contributed by atoms with Crippen LogP contribution in [0.5, 0.6) is 0 Å². The first-order valence-corrected chi connectivity index (χ1v) is 9.74. The quantitative estimate of drug-likeness (QED) is 0.588. The van der Waals surface area contributed by atoms with Crippen molar-refractivity contribution in [3.8, 4) is 0 Å². The lowest BCUT2D eigenvalue weighted by molar-refractivity contribution is -0.135. The zero-order chi connectivity index (χ0) is 20.2. The molecule has 1 unspecified atom stereocenters. The number of esters is 1. The predicted molar refractivity (Wildman–Crippen MR) is 101 cm³/mol. The smallest absolute Gasteiger partial charge is 0.407 e. The Balaban J connectivity index is 2.02. The van der Waals surface area contributed by atoms with Gasteiger partial charge in [-0.05, 0) is 46.2 Å². The minimum absolute atomic E-state index is 0.0122. The Morgan fingerprint density at radius 1 is 1.22 bits per heavy atom. The van der Waals surface area contributed by atoms with Crippen LogP contribution in [0.25, 0.3) is 5.76 Å². The fourth-order valence-electron chi connectivity index (χ4n) is 2.45. The lowest BCUT2D eigenvalue weighted by Crippen LogP contribution is -2.33. The molecule has 1 amide bonds. The first kappa shape index (κ1) is 21.0. The second-order valence-electron chi connectivity index (χ2n) is 7.05. The van der Waals surface area contributed by atoms with Crippen LogP contribution in [0.15, 0.2) is 28.0 Å². The lowest BCUT2D eigenvalue weighted by atomic mass is 10.1. The number of methoxy groups -OCH3 is 1. The number of carbonyl (C=O) groups is 2. The van der Waals surface area contributed by atoms with Gasteiger partial charge in [-0.15, -0.1) is 0 Å². The lowest BCUT2D eigenvalue weighted by Gasteiger charge is -2.19. The van der Waals surface area contributed by atoms with Crippen LogP contribution in [0.3, 0.4) is 0 Å². The number of hydrogen-bond acceptors (Lipinski definition) is 6. The highest BCUT2D eigenvalue weighted by atomic mass is 32.2. The maximum absolute atomic E-state index is 12.6. The highest BCUT2D eigenvalue weighted by molar-refractivity contribution is 7.90. The second kappa shape index (κ2) is 8.56. The number of hydrogen-bond donors (Lipinski definition) is 1. The largest absolute Gasteiger partial charge is 0.491 e. The molecular formula is C19H25NO6S. The molecule has 7 nitrogen and oxygen atoms in total. The van der Waals surface area contributed by atoms with Gasteiger partial charge in [0.25, 0.3) is 0 Å². The highest BCUT2D eigenvalue weighted by Crippen LogP contribution is 2.38. The first-order chi connectivity index (χ1) is 12.6. The number of alkyl carbamates (subject to hydrolysis) is 1. The fourth-order valence-corrected chi connectivity index (χ4v) is 3.79. The first-order valence-electron chi connectivity index (χ1n) is 8.59. The van der Waals surface area contributed by atoms with Crippen molar-refractivity contribution in [3.05, 3.63) is 34.2 Å². The summed E-state index contributed by atoms with van der Waals surface area (Å²) in [4.78, 5) is 24.2. The molecule has 1 aromatic carbocycles. The third-order valence-corrected chi connectivity index (χ3v) is 5.06. The van der Waals surface area contributed by atoms with Crippen LogP contribution in [0, 0.1) is 6.92 Å². The van der Waals surface area contributed by atoms with Crippen LogP contribution in [-0.4, -0.2) is 42.1 Å². The van der Waals surface area contributed by atoms with Gasteiger partial charge in [0.05, 0.1) is 29.4 Å². The van der Waals surface area contributed by atoms with Crippen molar-refractivity contribution in [1.29, 1.82) is 0 Å². The molecule has 0 fully saturated rings. The molecule has 1 aromatic rings. The Bertz CT molecular complexity index is 794. The van der Waals surface area contributed by atoms with Crippen molar-refractivity contribution < 1.29 is 28.0 Å². The summed E-state index contributed by atoms with van der Waals surface area (Å²) in [6.45, 7) is 7.85. The van der Waals surface area contributed by atoms with E-state index in [0.717, 1.165) is 5.56 Å². The summed E-state index contributed by atoms with van der Waals surface area (Å²) < 4.78 is 28.3. The number of carbonyl (C=O) groups excluding carboxylic acids is 2. The SMILES string of the molecule is COC(=O)C1=C(OCCCNC(=O)OC(C)(C)C)c2cc(C)ccc2S1=O. The van der Waals surface area contributed by atoms with Crippen LogP contribution >= 0.6 is 0 Å². The molecule has 1 heterocycles. The average Bonchev–Trinajstić information content (AvgIpc) is 2.84. The third kappa shape index (κ3) is 5.32. The van der Waals surface area contributed by atoms with E-state index in [9.17, 15) is 13.8 Å². The van der Waals surface area contributed by atoms with Gasteiger partial charge in [0.15, 0.2) is 10.7 Å². The van der Waals surface area contributed by atoms with Crippen molar-refractivity contribution in [2.45, 2.75) is 44.6 Å². The van der Waals surface area contributed by atoms with Gasteiger partial charge in [0, 0.05) is 12.1 Å². The van der Waals surface area contributed by atoms with Gasteiger partial charge in [-0.25, -0.2) is 13.8 Å². The molecular weight excluding hydrogens is 370 g/mol. The summed E-state index contributed by atoms with van der Waals surface area (Å²) in [5.74, 6) is -0.403. The number of aryl methyl sites for hydroxylation is 1. The molecule has 0 aromatic heterocycles. The standard InChI is InChI=1S/C19H25NO6S/c1-12-7-8-14-13(11-12)15(16(27(14)23)17(21)24-5)25-10-6-9-20-18(22)26-19(2,3)4/h7-8,11H,6,9-10H2,1-5H3,(H,20,22). The topological polar surface area (TPSA) is 90.9 Å². The normalized spacial score (nSPS) is 16.0. The highest BCUT2D eigenvalue weighted by Gasteiger charge is 2.35. The molecule has 1 atom stereocenters. The summed E-state index contributed by atoms with van der Waals surface area (Å²) in [6.07, 6.45) is -0.00904. The Morgan fingerprint density at radius 3 is 2.56 bits per heavy atom. The van der Waals surface area contributed by atoms with E-state index in [2.05, 4.69) is 5.32 Å². The van der Waals surface area contributed by atoms with Gasteiger partial charge in [0.1, 0.15) is 5.60 Å². The van der Waals surface area contributed by atoms with Gasteiger partial charge >= 0.3 is 12.1 Å². The second-order valence-corrected chi connectivity index (χ2v) is 8.43. The van der Waals surface area contributed by atoms with Gasteiger partial charge < -0.3 is 19.5 Å². The Hall–Kier alpha value is -2.35. The van der Waals surface area contributed by atoms with E-state index in [1.165, 1.54) is 7.11 Å². The number of rotatable bonds is 6. The number of benzene rings is 1. The van der Waals surface area contributed by atoms with E-state index in [1.54, 1.807) is 26.8 Å². The van der Waals surface area contributed by atoms with Gasteiger partial charge in [-0.2, -0.15) is 0 Å². The molecule has 148 valence electrons. The van der Waals surface area contributed by atoms with Crippen LogP contribution in [0.2, 0.25) is 0 Å². The fraction of sp³-hybridized carbons (Fsp3) is 0.474. The molecule has 27 heavy (non-hydrogen) atoms. The van der Waals surface area contributed by atoms with Crippen molar-refractivity contribution in [1.82, 2.24) is 5.32 Å². The molecule has 1 aliphatic rings. The zero-order valence-electron chi connectivity index (χ0n) is 16.2. The molecule has 0 radical (unpaired) electrons. The molecule has 8 heteroatoms. The molecule has 0 saturated heterocycles. The summed E-state index contributed by atoms with van der Waals surface area (Å²) in [5, 5.41) is 2.64. The van der Waals surface area contributed by atoms with Gasteiger partial charge in [0.2, 0.25) is 0 Å². The molecule has 1 aliphatic heterocycles. The monoisotopic (exact) mass is 395 g/mol. The molecule has 0 bridgehead atoms. The van der Waals surface area contributed by atoms with Crippen LogP contribution in [0.4, 0.5) is 4.79 Å². The summed E-state index contributed by atoms with van der Waals surface area (Å²) in [5.41, 5.74) is 1.04. The Morgan fingerprint density at radius 2 is 1.93 bits per heavy atom. The summed E-state index contributed by atoms with van der Waals surface area (Å²) >= 11 is 0. The van der Waals surface area contributed by atoms with E-state index < -0.39 is 28.5 Å². The minimum Gasteiger partial charge on any atom is -0.491 e. The maximum Gasteiger partial charge on any atom is 0.407 e. The zero-order valence-corrected chi connectivity index (χ0v) is 17.0. The number of ether oxygens (including phenoxy) is 3. The number of fused-ring (bicyclic) bond motifs is 1. The number of amides is 1. The molecule has 2 rings (SSSR count). The maximum atomic E-state index is 12.6. The van der Waals surface area contributed by atoms with Gasteiger partial charge in [-0.3, -0.25) is 0 Å². The Kier molecular flexibility index (Phi) is 6.64. The molecule has 0 spiro atoms. The van der Waals surface area contributed by atoms with E-state index in [4.69, 9.17) is 14.2 Å². The van der Waals surface area contributed by atoms with Crippen molar-refractivity contribution in [2.24, 2.45) is 0 Å². The van der Waals surface area contributed by atoms with Crippen molar-refractivity contribution >= 4 is 28.6 Å². The molecule has 1 N–H and O–H groups in total. The van der Waals surface area contributed by atoms with Crippen molar-refractivity contribution in [2.75, 3.05) is 20.3 Å². The Labute approximate surface area is 161 Å². The third-order valence-electron chi connectivity index (χ3n) is 3.58.